The van der Waals surface area contributed by atoms with Gasteiger partial charge in [-0.3, -0.25) is 14.5 Å². The van der Waals surface area contributed by atoms with Crippen molar-refractivity contribution in [2.45, 2.75) is 78.4 Å². The fourth-order valence-electron chi connectivity index (χ4n) is 7.74. The van der Waals surface area contributed by atoms with Gasteiger partial charge >= 0.3 is 6.09 Å². The Kier molecular flexibility index (Phi) is 11.3. The van der Waals surface area contributed by atoms with Gasteiger partial charge in [0.05, 0.1) is 18.8 Å². The summed E-state index contributed by atoms with van der Waals surface area (Å²) in [5.41, 5.74) is 8.03. The van der Waals surface area contributed by atoms with Gasteiger partial charge in [-0.25, -0.2) is 4.79 Å². The Bertz CT molecular complexity index is 1700. The Labute approximate surface area is 296 Å². The summed E-state index contributed by atoms with van der Waals surface area (Å²) in [5.74, 6) is -0.0327. The number of carbonyl (C=O) groups is 3. The number of carboxylic acid groups (broad SMARTS) is 1. The highest BCUT2D eigenvalue weighted by molar-refractivity contribution is 6.03. The molecule has 3 aliphatic rings. The van der Waals surface area contributed by atoms with Crippen LogP contribution in [0.2, 0.25) is 0 Å². The van der Waals surface area contributed by atoms with E-state index in [1.54, 1.807) is 0 Å². The summed E-state index contributed by atoms with van der Waals surface area (Å²) >= 11 is 0. The summed E-state index contributed by atoms with van der Waals surface area (Å²) in [7, 11) is 1.97. The largest absolute Gasteiger partial charge is 0.465 e. The molecular formula is C40H53N5O5. The molecule has 0 unspecified atom stereocenters. The number of hydrogen-bond acceptors (Lipinski definition) is 5. The van der Waals surface area contributed by atoms with Crippen LogP contribution in [0.3, 0.4) is 0 Å². The lowest BCUT2D eigenvalue weighted by atomic mass is 9.89. The van der Waals surface area contributed by atoms with E-state index in [1.807, 2.05) is 46.5 Å². The second kappa shape index (κ2) is 15.8. The topological polar surface area (TPSA) is 98.6 Å². The molecule has 0 saturated carbocycles. The maximum Gasteiger partial charge on any atom is 0.407 e. The number of unbranched alkanes of at least 4 members (excludes halogenated alkanes) is 2. The van der Waals surface area contributed by atoms with Crippen LogP contribution in [-0.2, 0) is 37.7 Å². The fraction of sp³-hybridized carbons (Fsp3) is 0.525. The van der Waals surface area contributed by atoms with Crippen molar-refractivity contribution in [1.29, 1.82) is 0 Å². The van der Waals surface area contributed by atoms with Gasteiger partial charge in [-0.05, 0) is 73.1 Å². The Morgan fingerprint density at radius 3 is 2.26 bits per heavy atom. The molecule has 0 spiro atoms. The molecule has 1 aromatic heterocycles. The third-order valence-corrected chi connectivity index (χ3v) is 10.9. The van der Waals surface area contributed by atoms with E-state index < -0.39 is 6.09 Å². The van der Waals surface area contributed by atoms with Gasteiger partial charge in [-0.2, -0.15) is 0 Å². The number of carbonyl (C=O) groups excluding carboxylic acids is 2. The first-order chi connectivity index (χ1) is 24.2. The lowest BCUT2D eigenvalue weighted by molar-refractivity contribution is 0.0193. The van der Waals surface area contributed by atoms with Crippen LogP contribution < -0.4 is 0 Å². The predicted octanol–water partition coefficient (Wildman–Crippen LogP) is 5.98. The Hall–Kier alpha value is -4.15. The molecular weight excluding hydrogens is 630 g/mol. The van der Waals surface area contributed by atoms with Crippen molar-refractivity contribution >= 4 is 17.9 Å². The second-order valence-corrected chi connectivity index (χ2v) is 14.2. The predicted molar refractivity (Wildman–Crippen MR) is 195 cm³/mol. The first-order valence-corrected chi connectivity index (χ1v) is 18.5. The molecule has 3 amide bonds. The average molecular weight is 684 g/mol. The molecule has 10 nitrogen and oxygen atoms in total. The monoisotopic (exact) mass is 683 g/mol. The van der Waals surface area contributed by atoms with Crippen LogP contribution in [-0.4, -0.2) is 106 Å². The average Bonchev–Trinajstić information content (AvgIpc) is 3.43. The number of aromatic nitrogens is 1. The minimum atomic E-state index is -0.956. The number of amides is 3. The molecule has 10 heteroatoms. The molecule has 1 atom stereocenters. The summed E-state index contributed by atoms with van der Waals surface area (Å²) in [4.78, 5) is 49.0. The zero-order valence-corrected chi connectivity index (χ0v) is 30.2. The molecule has 1 fully saturated rings. The molecule has 1 N–H and O–H groups in total. The summed E-state index contributed by atoms with van der Waals surface area (Å²) in [6.07, 6.45) is 4.31. The Morgan fingerprint density at radius 1 is 0.880 bits per heavy atom. The van der Waals surface area contributed by atoms with Crippen LogP contribution in [0.25, 0.3) is 11.3 Å². The van der Waals surface area contributed by atoms with Crippen LogP contribution in [0.5, 0.6) is 0 Å². The van der Waals surface area contributed by atoms with Crippen LogP contribution >= 0.6 is 0 Å². The number of morpholine rings is 1. The van der Waals surface area contributed by atoms with Crippen molar-refractivity contribution in [2.75, 3.05) is 52.5 Å². The smallest absolute Gasteiger partial charge is 0.407 e. The van der Waals surface area contributed by atoms with Crippen molar-refractivity contribution in [2.24, 2.45) is 7.05 Å². The number of fused-ring (bicyclic) bond motifs is 2. The molecule has 6 rings (SSSR count). The summed E-state index contributed by atoms with van der Waals surface area (Å²) in [6.45, 7) is 12.7. The van der Waals surface area contributed by atoms with Gasteiger partial charge in [0.15, 0.2) is 0 Å². The van der Waals surface area contributed by atoms with Crippen LogP contribution in [0, 0.1) is 6.92 Å². The van der Waals surface area contributed by atoms with Gasteiger partial charge in [0.2, 0.25) is 0 Å². The van der Waals surface area contributed by atoms with E-state index in [0.29, 0.717) is 43.9 Å². The molecule has 0 bridgehead atoms. The molecule has 1 saturated heterocycles. The standard InChI is InChI=1S/C40H53N5O5/c1-5-7-14-43(15-8-6-2)38(46)34-24-37(41(4)28(34)3)35-22-30-13-16-44(40(48)49)25-32(30)23-36(35)39(47)45-26-31-12-10-9-11-29(31)21-33(45)27-42-17-19-50-20-18-42/h9-12,22-24,33H,5-8,13-21,25-27H2,1-4H3,(H,48,49)/t33-/m0/s1. The highest BCUT2D eigenvalue weighted by atomic mass is 16.5. The number of hydrogen-bond donors (Lipinski definition) is 1. The summed E-state index contributed by atoms with van der Waals surface area (Å²) in [5, 5.41) is 9.83. The van der Waals surface area contributed by atoms with Crippen molar-refractivity contribution in [3.05, 3.63) is 81.5 Å². The molecule has 2 aromatic carbocycles. The zero-order chi connectivity index (χ0) is 35.4. The molecule has 3 aliphatic heterocycles. The van der Waals surface area contributed by atoms with Gasteiger partial charge in [-0.15, -0.1) is 0 Å². The molecule has 0 radical (unpaired) electrons. The normalized spacial score (nSPS) is 17.7. The third kappa shape index (κ3) is 7.47. The van der Waals surface area contributed by atoms with E-state index >= 15 is 4.79 Å². The first-order valence-electron chi connectivity index (χ1n) is 18.5. The Balaban J connectivity index is 1.43. The zero-order valence-electron chi connectivity index (χ0n) is 30.2. The van der Waals surface area contributed by atoms with E-state index in [9.17, 15) is 14.7 Å². The molecule has 4 heterocycles. The van der Waals surface area contributed by atoms with Gasteiger partial charge in [-0.1, -0.05) is 51.0 Å². The van der Waals surface area contributed by atoms with E-state index in [2.05, 4.69) is 43.0 Å². The van der Waals surface area contributed by atoms with Crippen molar-refractivity contribution in [3.63, 3.8) is 0 Å². The van der Waals surface area contributed by atoms with E-state index in [1.165, 1.54) is 10.5 Å². The maximum atomic E-state index is 15.1. The maximum absolute atomic E-state index is 15.1. The van der Waals surface area contributed by atoms with E-state index in [-0.39, 0.29) is 24.4 Å². The van der Waals surface area contributed by atoms with Gasteiger partial charge in [0.1, 0.15) is 0 Å². The number of ether oxygens (including phenoxy) is 1. The fourth-order valence-corrected chi connectivity index (χ4v) is 7.74. The first kappa shape index (κ1) is 35.7. The van der Waals surface area contributed by atoms with Gasteiger partial charge in [0, 0.05) is 88.0 Å². The molecule has 268 valence electrons. The second-order valence-electron chi connectivity index (χ2n) is 14.2. The van der Waals surface area contributed by atoms with E-state index in [4.69, 9.17) is 4.74 Å². The van der Waals surface area contributed by atoms with Crippen molar-refractivity contribution < 1.29 is 24.2 Å². The van der Waals surface area contributed by atoms with Crippen LogP contribution in [0.4, 0.5) is 4.79 Å². The highest BCUT2D eigenvalue weighted by Crippen LogP contribution is 2.36. The van der Waals surface area contributed by atoms with Gasteiger partial charge < -0.3 is 29.1 Å². The lowest BCUT2D eigenvalue weighted by Gasteiger charge is -2.41. The van der Waals surface area contributed by atoms with E-state index in [0.717, 1.165) is 98.5 Å². The highest BCUT2D eigenvalue weighted by Gasteiger charge is 2.35. The third-order valence-electron chi connectivity index (χ3n) is 10.9. The SMILES string of the molecule is CCCCN(CCCC)C(=O)c1cc(-c2cc3c(cc2C(=O)N2Cc4ccccc4C[C@H]2CN2CCOCC2)CN(C(=O)O)CC3)n(C)c1C. The van der Waals surface area contributed by atoms with Gasteiger partial charge in [0.25, 0.3) is 11.8 Å². The quantitative estimate of drug-likeness (QED) is 0.267. The Morgan fingerprint density at radius 2 is 1.58 bits per heavy atom. The summed E-state index contributed by atoms with van der Waals surface area (Å²) < 4.78 is 7.68. The minimum absolute atomic E-state index is 0.0344. The lowest BCUT2D eigenvalue weighted by Crippen LogP contribution is -2.52. The number of nitrogens with zero attached hydrogens (tertiary/aromatic N) is 5. The number of benzene rings is 2. The molecule has 0 aliphatic carbocycles. The van der Waals surface area contributed by atoms with Crippen LogP contribution in [0.15, 0.2) is 42.5 Å². The molecule has 50 heavy (non-hydrogen) atoms. The summed E-state index contributed by atoms with van der Waals surface area (Å²) in [6, 6.07) is 14.4. The number of rotatable bonds is 11. The molecule has 3 aromatic rings. The van der Waals surface area contributed by atoms with Crippen LogP contribution in [0.1, 0.15) is 88.2 Å². The van der Waals surface area contributed by atoms with Crippen molar-refractivity contribution in [3.8, 4) is 11.3 Å². The minimum Gasteiger partial charge on any atom is -0.465 e. The van der Waals surface area contributed by atoms with Crippen molar-refractivity contribution in [1.82, 2.24) is 24.2 Å².